The van der Waals surface area contributed by atoms with Crippen LogP contribution >= 0.6 is 0 Å². The van der Waals surface area contributed by atoms with Gasteiger partial charge >= 0.3 is 0 Å². The maximum absolute atomic E-state index is 12.8. The first-order chi connectivity index (χ1) is 16.7. The molecule has 0 aliphatic carbocycles. The van der Waals surface area contributed by atoms with Crippen molar-refractivity contribution in [2.45, 2.75) is 108 Å². The molecule has 1 saturated heterocycles. The van der Waals surface area contributed by atoms with Crippen LogP contribution in [0.5, 0.6) is 0 Å². The molecule has 1 aromatic heterocycles. The lowest BCUT2D eigenvalue weighted by atomic mass is 9.89. The van der Waals surface area contributed by atoms with Gasteiger partial charge in [0.25, 0.3) is 10.1 Å². The minimum atomic E-state index is -4.08. The molecule has 1 fully saturated rings. The Labute approximate surface area is 223 Å². The lowest BCUT2D eigenvalue weighted by Crippen LogP contribution is -2.59. The van der Waals surface area contributed by atoms with Crippen LogP contribution in [-0.4, -0.2) is 71.6 Å². The van der Waals surface area contributed by atoms with Gasteiger partial charge in [0, 0.05) is 7.11 Å². The van der Waals surface area contributed by atoms with E-state index in [1.807, 2.05) is 0 Å². The molecule has 2 N–H and O–H groups in total. The van der Waals surface area contributed by atoms with Crippen molar-refractivity contribution >= 4 is 26.8 Å². The largest absolute Gasteiger partial charge is 0.414 e. The molecule has 2 aliphatic rings. The van der Waals surface area contributed by atoms with Crippen molar-refractivity contribution in [1.29, 1.82) is 0 Å². The zero-order valence-corrected chi connectivity index (χ0v) is 26.8. The van der Waals surface area contributed by atoms with Crippen molar-refractivity contribution < 1.29 is 30.9 Å². The number of hydrogen-bond acceptors (Lipinski definition) is 10. The van der Waals surface area contributed by atoms with Gasteiger partial charge in [0.1, 0.15) is 17.9 Å². The molecule has 1 spiro atoms. The van der Waals surface area contributed by atoms with E-state index in [1.165, 1.54) is 4.68 Å². The van der Waals surface area contributed by atoms with Crippen LogP contribution in [0.4, 0.5) is 0 Å². The molecule has 2 aliphatic heterocycles. The van der Waals surface area contributed by atoms with Gasteiger partial charge in [0.15, 0.2) is 28.5 Å². The highest BCUT2D eigenvalue weighted by Crippen LogP contribution is 2.52. The number of methoxy groups -OCH3 is 1. The van der Waals surface area contributed by atoms with E-state index in [-0.39, 0.29) is 29.0 Å². The average Bonchev–Trinajstić information content (AvgIpc) is 3.35. The quantitative estimate of drug-likeness (QED) is 0.361. The Morgan fingerprint density at radius 1 is 1.11 bits per heavy atom. The predicted molar refractivity (Wildman–Crippen MR) is 145 cm³/mol. The van der Waals surface area contributed by atoms with Crippen LogP contribution in [-0.2, 0) is 39.2 Å². The molecule has 0 radical (unpaired) electrons. The van der Waals surface area contributed by atoms with Crippen molar-refractivity contribution in [3.8, 4) is 0 Å². The highest BCUT2D eigenvalue weighted by molar-refractivity contribution is 7.90. The van der Waals surface area contributed by atoms with Gasteiger partial charge in [-0.3, -0.25) is 0 Å². The molecule has 0 unspecified atom stereocenters. The molecule has 0 amide bonds. The highest BCUT2D eigenvalue weighted by atomic mass is 32.2. The Morgan fingerprint density at radius 3 is 2.19 bits per heavy atom. The van der Waals surface area contributed by atoms with Crippen molar-refractivity contribution in [2.24, 2.45) is 5.73 Å². The molecule has 3 heterocycles. The van der Waals surface area contributed by atoms with Gasteiger partial charge in [-0.15, -0.1) is 5.10 Å². The normalized spacial score (nSPS) is 28.7. The van der Waals surface area contributed by atoms with Crippen LogP contribution in [0.2, 0.25) is 36.3 Å². The van der Waals surface area contributed by atoms with E-state index in [2.05, 4.69) is 78.0 Å². The lowest BCUT2D eigenvalue weighted by molar-refractivity contribution is -0.0595. The Kier molecular flexibility index (Phi) is 8.06. The number of ether oxygens (including phenoxy) is 2. The van der Waals surface area contributed by atoms with Crippen molar-refractivity contribution in [1.82, 2.24) is 15.0 Å². The molecule has 11 nitrogen and oxygen atoms in total. The molecule has 3 rings (SSSR count). The molecule has 0 aromatic carbocycles. The second-order valence-corrected chi connectivity index (χ2v) is 23.9. The molecular formula is C23H44N4O7SSi2. The van der Waals surface area contributed by atoms with Gasteiger partial charge in [-0.2, -0.15) is 8.42 Å². The third kappa shape index (κ3) is 5.76. The van der Waals surface area contributed by atoms with Crippen LogP contribution in [0.1, 0.15) is 53.5 Å². The second kappa shape index (κ2) is 9.80. The van der Waals surface area contributed by atoms with E-state index in [1.54, 1.807) is 13.3 Å². The van der Waals surface area contributed by atoms with Crippen LogP contribution in [0, 0.1) is 0 Å². The maximum Gasteiger partial charge on any atom is 0.292 e. The van der Waals surface area contributed by atoms with Crippen LogP contribution < -0.4 is 5.73 Å². The molecular weight excluding hydrogens is 533 g/mol. The van der Waals surface area contributed by atoms with Gasteiger partial charge in [-0.25, -0.2) is 8.86 Å². The first kappa shape index (κ1) is 30.4. The minimum Gasteiger partial charge on any atom is -0.414 e. The van der Waals surface area contributed by atoms with Crippen LogP contribution in [0.25, 0.3) is 0 Å². The highest BCUT2D eigenvalue weighted by Gasteiger charge is 2.67. The monoisotopic (exact) mass is 576 g/mol. The van der Waals surface area contributed by atoms with Gasteiger partial charge < -0.3 is 24.1 Å². The minimum absolute atomic E-state index is 0.0276. The van der Waals surface area contributed by atoms with Crippen molar-refractivity contribution in [3.63, 3.8) is 0 Å². The number of nitrogens with zero attached hydrogens (tertiary/aromatic N) is 3. The average molecular weight is 577 g/mol. The summed E-state index contributed by atoms with van der Waals surface area (Å²) in [5, 5.41) is 9.13. The first-order valence-corrected chi connectivity index (χ1v) is 19.8. The molecule has 1 aromatic rings. The van der Waals surface area contributed by atoms with Crippen LogP contribution in [0.3, 0.4) is 0 Å². The smallest absolute Gasteiger partial charge is 0.292 e. The molecule has 0 saturated carbocycles. The fraction of sp³-hybridized carbons (Fsp3) is 0.826. The van der Waals surface area contributed by atoms with E-state index in [0.717, 1.165) is 5.41 Å². The Bertz CT molecular complexity index is 1120. The van der Waals surface area contributed by atoms with E-state index < -0.39 is 50.8 Å². The Balaban J connectivity index is 2.13. The number of rotatable bonds is 8. The summed E-state index contributed by atoms with van der Waals surface area (Å²) in [6.45, 7) is 21.5. The van der Waals surface area contributed by atoms with Gasteiger partial charge in [0.2, 0.25) is 0 Å². The number of nitrogens with two attached hydrogens (primary N) is 1. The lowest BCUT2D eigenvalue weighted by Gasteiger charge is -2.43. The van der Waals surface area contributed by atoms with Crippen molar-refractivity contribution in [2.75, 3.05) is 13.7 Å². The molecule has 0 bridgehead atoms. The topological polar surface area (TPSA) is 137 Å². The summed E-state index contributed by atoms with van der Waals surface area (Å²) in [5.41, 5.74) is 5.49. The zero-order chi connectivity index (χ0) is 28.2. The first-order valence-electron chi connectivity index (χ1n) is 12.5. The third-order valence-electron chi connectivity index (χ3n) is 8.18. The SMILES string of the molecule is COCc1cn([C@@H]2O[C@H](CO[Si](C)(C)C(C)(C)C)[C@@]3(OS(=O)(=O)C=C3N)[C@H]2O[Si](C)(C)C(C)(C)C)nn1. The molecule has 4 atom stereocenters. The summed E-state index contributed by atoms with van der Waals surface area (Å²) < 4.78 is 58.0. The summed E-state index contributed by atoms with van der Waals surface area (Å²) in [6, 6.07) is 0. The Morgan fingerprint density at radius 2 is 1.70 bits per heavy atom. The maximum atomic E-state index is 12.8. The number of aromatic nitrogens is 3. The number of hydrogen-bond donors (Lipinski definition) is 1. The predicted octanol–water partition coefficient (Wildman–Crippen LogP) is 3.63. The third-order valence-corrected chi connectivity index (χ3v) is 18.2. The summed E-state index contributed by atoms with van der Waals surface area (Å²) in [5.74, 6) is 0. The van der Waals surface area contributed by atoms with E-state index in [9.17, 15) is 8.42 Å². The van der Waals surface area contributed by atoms with Crippen molar-refractivity contribution in [3.05, 3.63) is 23.0 Å². The zero-order valence-electron chi connectivity index (χ0n) is 24.0. The standard InChI is InChI=1S/C23H44N4O7SSi2/c1-21(2,3)36(8,9)31-14-18-23(17(24)15-35(28,29)34-23)19(33-37(10,11)22(4,5)6)20(32-18)27-12-16(13-30-7)25-26-27/h12,15,18-20H,13-14,24H2,1-11H3/t18-,19+,20-,23-/m1/s1. The molecule has 37 heavy (non-hydrogen) atoms. The van der Waals surface area contributed by atoms with E-state index >= 15 is 0 Å². The van der Waals surface area contributed by atoms with E-state index in [0.29, 0.717) is 5.69 Å². The van der Waals surface area contributed by atoms with Crippen LogP contribution in [0.15, 0.2) is 17.3 Å². The molecule has 14 heteroatoms. The van der Waals surface area contributed by atoms with Gasteiger partial charge in [-0.1, -0.05) is 46.8 Å². The fourth-order valence-corrected chi connectivity index (χ4v) is 7.36. The summed E-state index contributed by atoms with van der Waals surface area (Å²) >= 11 is 0. The van der Waals surface area contributed by atoms with E-state index in [4.69, 9.17) is 28.2 Å². The fourth-order valence-electron chi connectivity index (χ4n) is 3.86. The second-order valence-electron chi connectivity index (χ2n) is 13.0. The summed E-state index contributed by atoms with van der Waals surface area (Å²) in [7, 11) is -7.24. The molecule has 212 valence electrons. The summed E-state index contributed by atoms with van der Waals surface area (Å²) in [4.78, 5) is 0. The van der Waals surface area contributed by atoms with Gasteiger partial charge in [-0.05, 0) is 36.3 Å². The van der Waals surface area contributed by atoms with Gasteiger partial charge in [0.05, 0.1) is 30.5 Å². The summed E-state index contributed by atoms with van der Waals surface area (Å²) in [6.07, 6.45) is -0.956. The Hall–Kier alpha value is -1.14.